The van der Waals surface area contributed by atoms with Gasteiger partial charge in [-0.3, -0.25) is 5.43 Å². The second-order valence-electron chi connectivity index (χ2n) is 7.69. The lowest BCUT2D eigenvalue weighted by molar-refractivity contribution is 0.416. The van der Waals surface area contributed by atoms with E-state index in [0.29, 0.717) is 28.8 Å². The Morgan fingerprint density at radius 3 is 2.31 bits per heavy atom. The van der Waals surface area contributed by atoms with Crippen LogP contribution in [0, 0.1) is 0 Å². The standard InChI is InChI=1S/C26H26N6O3S/c1-18(19-13-15-21(16-14-19)36(33,34)27-2)31-32-25-23(22-11-7-8-12-24(22)35-3)17-28-26(30-25)29-20-9-5-4-6-10-20/h4-17,27H,1-3H3,(H2,28,29,30,32). The van der Waals surface area contributed by atoms with Gasteiger partial charge in [0.25, 0.3) is 0 Å². The van der Waals surface area contributed by atoms with E-state index in [1.807, 2.05) is 61.5 Å². The van der Waals surface area contributed by atoms with E-state index >= 15 is 0 Å². The minimum absolute atomic E-state index is 0.181. The highest BCUT2D eigenvalue weighted by atomic mass is 32.2. The number of nitrogens with zero attached hydrogens (tertiary/aromatic N) is 3. The van der Waals surface area contributed by atoms with E-state index in [2.05, 4.69) is 30.5 Å². The zero-order valence-electron chi connectivity index (χ0n) is 20.1. The molecule has 10 heteroatoms. The van der Waals surface area contributed by atoms with Crippen LogP contribution in [-0.2, 0) is 10.0 Å². The largest absolute Gasteiger partial charge is 0.496 e. The quantitative estimate of drug-likeness (QED) is 0.225. The van der Waals surface area contributed by atoms with Crippen LogP contribution in [0.15, 0.2) is 95.1 Å². The summed E-state index contributed by atoms with van der Waals surface area (Å²) in [6.07, 6.45) is 1.71. The lowest BCUT2D eigenvalue weighted by Crippen LogP contribution is -2.18. The zero-order chi connectivity index (χ0) is 25.5. The van der Waals surface area contributed by atoms with E-state index in [9.17, 15) is 8.42 Å². The van der Waals surface area contributed by atoms with Crippen LogP contribution in [0.1, 0.15) is 12.5 Å². The number of hydrogen-bond acceptors (Lipinski definition) is 8. The van der Waals surface area contributed by atoms with Crippen LogP contribution in [0.25, 0.3) is 11.1 Å². The van der Waals surface area contributed by atoms with Gasteiger partial charge in [0.05, 0.1) is 17.7 Å². The van der Waals surface area contributed by atoms with E-state index in [4.69, 9.17) is 4.74 Å². The fraction of sp³-hybridized carbons (Fsp3) is 0.115. The molecule has 0 bridgehead atoms. The van der Waals surface area contributed by atoms with Gasteiger partial charge in [-0.25, -0.2) is 18.1 Å². The summed E-state index contributed by atoms with van der Waals surface area (Å²) < 4.78 is 31.8. The summed E-state index contributed by atoms with van der Waals surface area (Å²) in [6, 6.07) is 23.7. The van der Waals surface area contributed by atoms with Crippen LogP contribution in [0.4, 0.5) is 17.5 Å². The molecule has 36 heavy (non-hydrogen) atoms. The van der Waals surface area contributed by atoms with Gasteiger partial charge >= 0.3 is 0 Å². The fourth-order valence-corrected chi connectivity index (χ4v) is 4.17. The van der Waals surface area contributed by atoms with Crippen LogP contribution in [0.3, 0.4) is 0 Å². The molecule has 0 saturated heterocycles. The molecule has 0 aliphatic carbocycles. The van der Waals surface area contributed by atoms with E-state index in [0.717, 1.165) is 16.8 Å². The molecular formula is C26H26N6O3S. The predicted octanol–water partition coefficient (Wildman–Crippen LogP) is 4.64. The molecule has 1 heterocycles. The van der Waals surface area contributed by atoms with Crippen molar-refractivity contribution in [2.45, 2.75) is 11.8 Å². The molecule has 0 atom stereocenters. The second-order valence-corrected chi connectivity index (χ2v) is 9.57. The normalized spacial score (nSPS) is 11.7. The number of hydrazone groups is 1. The van der Waals surface area contributed by atoms with Crippen LogP contribution in [0.5, 0.6) is 5.75 Å². The summed E-state index contributed by atoms with van der Waals surface area (Å²) in [5, 5.41) is 7.70. The first-order valence-electron chi connectivity index (χ1n) is 11.1. The molecule has 0 saturated carbocycles. The highest BCUT2D eigenvalue weighted by molar-refractivity contribution is 7.89. The van der Waals surface area contributed by atoms with E-state index in [1.165, 1.54) is 19.2 Å². The number of methoxy groups -OCH3 is 1. The molecule has 0 spiro atoms. The molecule has 0 fully saturated rings. The average molecular weight is 503 g/mol. The number of para-hydroxylation sites is 2. The molecule has 9 nitrogen and oxygen atoms in total. The summed E-state index contributed by atoms with van der Waals surface area (Å²) in [5.74, 6) is 1.55. The van der Waals surface area contributed by atoms with Crippen LogP contribution < -0.4 is 20.2 Å². The molecule has 4 rings (SSSR count). The number of hydrogen-bond donors (Lipinski definition) is 3. The van der Waals surface area contributed by atoms with Crippen LogP contribution >= 0.6 is 0 Å². The Kier molecular flexibility index (Phi) is 7.57. The van der Waals surface area contributed by atoms with Crippen molar-refractivity contribution in [2.75, 3.05) is 24.9 Å². The van der Waals surface area contributed by atoms with Crippen LogP contribution in [0.2, 0.25) is 0 Å². The number of anilines is 3. The smallest absolute Gasteiger partial charge is 0.240 e. The number of rotatable bonds is 9. The number of aromatic nitrogens is 2. The van der Waals surface area contributed by atoms with E-state index < -0.39 is 10.0 Å². The first-order valence-corrected chi connectivity index (χ1v) is 12.6. The second kappa shape index (κ2) is 11.0. The molecule has 0 unspecified atom stereocenters. The highest BCUT2D eigenvalue weighted by Crippen LogP contribution is 2.34. The summed E-state index contributed by atoms with van der Waals surface area (Å²) in [4.78, 5) is 9.32. The third-order valence-electron chi connectivity index (χ3n) is 5.40. The molecule has 0 aliphatic heterocycles. The van der Waals surface area contributed by atoms with Gasteiger partial charge in [0, 0.05) is 23.0 Å². The number of ether oxygens (including phenoxy) is 1. The van der Waals surface area contributed by atoms with Gasteiger partial charge in [0.15, 0.2) is 5.82 Å². The van der Waals surface area contributed by atoms with Crippen molar-refractivity contribution in [3.8, 4) is 16.9 Å². The van der Waals surface area contributed by atoms with Crippen molar-refractivity contribution in [3.05, 3.63) is 90.6 Å². The maximum absolute atomic E-state index is 12.0. The summed E-state index contributed by atoms with van der Waals surface area (Å²) in [7, 11) is -0.524. The SMILES string of the molecule is CNS(=O)(=O)c1ccc(C(C)=NNc2nc(Nc3ccccc3)ncc2-c2ccccc2OC)cc1. The van der Waals surface area contributed by atoms with Gasteiger partial charge in [0.1, 0.15) is 5.75 Å². The third-order valence-corrected chi connectivity index (χ3v) is 6.83. The predicted molar refractivity (Wildman–Crippen MR) is 142 cm³/mol. The van der Waals surface area contributed by atoms with Gasteiger partial charge < -0.3 is 10.1 Å². The number of sulfonamides is 1. The molecule has 3 aromatic carbocycles. The van der Waals surface area contributed by atoms with Gasteiger partial charge in [-0.2, -0.15) is 10.1 Å². The highest BCUT2D eigenvalue weighted by Gasteiger charge is 2.14. The molecule has 1 aromatic heterocycles. The van der Waals surface area contributed by atoms with Crippen molar-refractivity contribution in [3.63, 3.8) is 0 Å². The minimum Gasteiger partial charge on any atom is -0.496 e. The fourth-order valence-electron chi connectivity index (χ4n) is 3.44. The molecule has 184 valence electrons. The van der Waals surface area contributed by atoms with Crippen molar-refractivity contribution < 1.29 is 13.2 Å². The van der Waals surface area contributed by atoms with Crippen LogP contribution in [-0.4, -0.2) is 38.3 Å². The molecule has 4 aromatic rings. The topological polar surface area (TPSA) is 118 Å². The Labute approximate surface area is 210 Å². The Bertz CT molecular complexity index is 1470. The summed E-state index contributed by atoms with van der Waals surface area (Å²) in [6.45, 7) is 1.82. The minimum atomic E-state index is -3.51. The maximum atomic E-state index is 12.0. The summed E-state index contributed by atoms with van der Waals surface area (Å²) in [5.41, 5.74) is 6.82. The average Bonchev–Trinajstić information content (AvgIpc) is 2.92. The van der Waals surface area contributed by atoms with Gasteiger partial charge in [-0.1, -0.05) is 48.5 Å². The van der Waals surface area contributed by atoms with Gasteiger partial charge in [-0.15, -0.1) is 0 Å². The molecule has 0 aliphatic rings. The lowest BCUT2D eigenvalue weighted by atomic mass is 10.1. The van der Waals surface area contributed by atoms with E-state index in [-0.39, 0.29) is 4.90 Å². The van der Waals surface area contributed by atoms with Crippen molar-refractivity contribution in [2.24, 2.45) is 5.10 Å². The third kappa shape index (κ3) is 5.68. The Morgan fingerprint density at radius 1 is 0.917 bits per heavy atom. The van der Waals surface area contributed by atoms with Crippen molar-refractivity contribution in [1.82, 2.24) is 14.7 Å². The molecule has 0 radical (unpaired) electrons. The van der Waals surface area contributed by atoms with Crippen molar-refractivity contribution >= 4 is 33.2 Å². The zero-order valence-corrected chi connectivity index (χ0v) is 20.9. The monoisotopic (exact) mass is 502 g/mol. The van der Waals surface area contributed by atoms with Gasteiger partial charge in [-0.05, 0) is 49.9 Å². The Morgan fingerprint density at radius 2 is 1.61 bits per heavy atom. The lowest BCUT2D eigenvalue weighted by Gasteiger charge is -2.14. The molecular weight excluding hydrogens is 476 g/mol. The molecule has 3 N–H and O–H groups in total. The maximum Gasteiger partial charge on any atom is 0.240 e. The molecule has 0 amide bonds. The first-order chi connectivity index (χ1) is 17.4. The van der Waals surface area contributed by atoms with Gasteiger partial charge in [0.2, 0.25) is 16.0 Å². The van der Waals surface area contributed by atoms with E-state index in [1.54, 1.807) is 25.4 Å². The Balaban J connectivity index is 1.68. The number of benzene rings is 3. The Hall–Kier alpha value is -4.28. The van der Waals surface area contributed by atoms with Crippen molar-refractivity contribution in [1.29, 1.82) is 0 Å². The summed E-state index contributed by atoms with van der Waals surface area (Å²) >= 11 is 0. The number of nitrogens with one attached hydrogen (secondary N) is 3. The first kappa shape index (κ1) is 24.8.